The summed E-state index contributed by atoms with van der Waals surface area (Å²) in [4.78, 5) is 15.3. The van der Waals surface area contributed by atoms with E-state index < -0.39 is 0 Å². The molecule has 156 valence electrons. The third-order valence-electron chi connectivity index (χ3n) is 5.57. The van der Waals surface area contributed by atoms with E-state index in [4.69, 9.17) is 14.4 Å². The Morgan fingerprint density at radius 2 is 2.13 bits per heavy atom. The van der Waals surface area contributed by atoms with Gasteiger partial charge in [0.15, 0.2) is 0 Å². The number of rotatable bonds is 9. The standard InChI is InChI=1S/C23H26N4O3/c1-29-19-9-7-18(8-10-19)20-14-21(22-4-2-13-30-22)27(25-20)23(28)16-26(12-3-11-24)15-17-5-6-17/h2,4,7-10,13,17,21H,3,5-6,12,14-16H2,1H3/t21-/m1/s1. The number of amides is 1. The molecule has 1 atom stereocenters. The van der Waals surface area contributed by atoms with Gasteiger partial charge >= 0.3 is 0 Å². The fourth-order valence-electron chi connectivity index (χ4n) is 3.77. The summed E-state index contributed by atoms with van der Waals surface area (Å²) in [5, 5.41) is 15.2. The molecule has 1 saturated carbocycles. The Kier molecular flexibility index (Phi) is 6.15. The Hall–Kier alpha value is -3.11. The molecule has 0 radical (unpaired) electrons. The van der Waals surface area contributed by atoms with Gasteiger partial charge in [-0.05, 0) is 60.7 Å². The molecule has 7 nitrogen and oxygen atoms in total. The lowest BCUT2D eigenvalue weighted by atomic mass is 10.0. The van der Waals surface area contributed by atoms with E-state index in [2.05, 4.69) is 16.1 Å². The second-order valence-electron chi connectivity index (χ2n) is 7.84. The maximum atomic E-state index is 13.2. The van der Waals surface area contributed by atoms with Crippen LogP contribution in [0.1, 0.15) is 43.0 Å². The SMILES string of the molecule is COc1ccc(C2=NN(C(=O)CN(CCC#N)CC3CC3)[C@@H](c3ccco3)C2)cc1. The average molecular weight is 406 g/mol. The summed E-state index contributed by atoms with van der Waals surface area (Å²) in [6, 6.07) is 13.3. The lowest BCUT2D eigenvalue weighted by molar-refractivity contribution is -0.134. The van der Waals surface area contributed by atoms with Crippen LogP contribution >= 0.6 is 0 Å². The van der Waals surface area contributed by atoms with E-state index in [1.54, 1.807) is 18.4 Å². The zero-order valence-electron chi connectivity index (χ0n) is 17.2. The number of hydrazone groups is 1. The lowest BCUT2D eigenvalue weighted by Gasteiger charge is -2.25. The fraction of sp³-hybridized carbons (Fsp3) is 0.435. The summed E-state index contributed by atoms with van der Waals surface area (Å²) in [5.74, 6) is 2.08. The van der Waals surface area contributed by atoms with Crippen LogP contribution in [0, 0.1) is 17.2 Å². The maximum Gasteiger partial charge on any atom is 0.257 e. The summed E-state index contributed by atoms with van der Waals surface area (Å²) in [6.07, 6.45) is 5.04. The average Bonchev–Trinajstić information content (AvgIpc) is 3.24. The topological polar surface area (TPSA) is 82.1 Å². The number of hydrogen-bond donors (Lipinski definition) is 0. The van der Waals surface area contributed by atoms with Crippen molar-refractivity contribution in [3.8, 4) is 11.8 Å². The van der Waals surface area contributed by atoms with Gasteiger partial charge in [0.1, 0.15) is 17.6 Å². The maximum absolute atomic E-state index is 13.2. The molecule has 0 spiro atoms. The highest BCUT2D eigenvalue weighted by Crippen LogP contribution is 2.34. The van der Waals surface area contributed by atoms with Crippen LogP contribution in [0.15, 0.2) is 52.2 Å². The van der Waals surface area contributed by atoms with Gasteiger partial charge in [-0.1, -0.05) is 0 Å². The molecule has 2 heterocycles. The minimum Gasteiger partial charge on any atom is -0.497 e. The van der Waals surface area contributed by atoms with Gasteiger partial charge in [-0.2, -0.15) is 10.4 Å². The number of methoxy groups -OCH3 is 1. The number of furan rings is 1. The molecule has 30 heavy (non-hydrogen) atoms. The van der Waals surface area contributed by atoms with Crippen molar-refractivity contribution in [3.05, 3.63) is 54.0 Å². The summed E-state index contributed by atoms with van der Waals surface area (Å²) in [6.45, 7) is 1.73. The molecular weight excluding hydrogens is 380 g/mol. The molecule has 1 aromatic carbocycles. The normalized spacial score (nSPS) is 18.4. The number of ether oxygens (including phenoxy) is 1. The molecule has 1 aliphatic carbocycles. The number of nitriles is 1. The van der Waals surface area contributed by atoms with Crippen LogP contribution in [0.25, 0.3) is 0 Å². The lowest BCUT2D eigenvalue weighted by Crippen LogP contribution is -2.39. The van der Waals surface area contributed by atoms with E-state index in [9.17, 15) is 4.79 Å². The number of hydrogen-bond acceptors (Lipinski definition) is 6. The Balaban J connectivity index is 1.53. The second kappa shape index (κ2) is 9.14. The first-order valence-corrected chi connectivity index (χ1v) is 10.3. The molecule has 0 unspecified atom stereocenters. The van der Waals surface area contributed by atoms with Crippen LogP contribution < -0.4 is 4.74 Å². The van der Waals surface area contributed by atoms with Crippen molar-refractivity contribution in [2.45, 2.75) is 31.7 Å². The fourth-order valence-corrected chi connectivity index (χ4v) is 3.77. The minimum absolute atomic E-state index is 0.0708. The second-order valence-corrected chi connectivity index (χ2v) is 7.84. The van der Waals surface area contributed by atoms with Gasteiger partial charge < -0.3 is 9.15 Å². The smallest absolute Gasteiger partial charge is 0.257 e. The highest BCUT2D eigenvalue weighted by atomic mass is 16.5. The summed E-state index contributed by atoms with van der Waals surface area (Å²) in [7, 11) is 1.63. The molecule has 0 bridgehead atoms. The first kappa shape index (κ1) is 20.2. The van der Waals surface area contributed by atoms with E-state index in [0.29, 0.717) is 25.3 Å². The third-order valence-corrected chi connectivity index (χ3v) is 5.57. The van der Waals surface area contributed by atoms with Gasteiger partial charge in [0.25, 0.3) is 5.91 Å². The highest BCUT2D eigenvalue weighted by Gasteiger charge is 2.36. The Bertz CT molecular complexity index is 926. The molecule has 7 heteroatoms. The molecule has 4 rings (SSSR count). The van der Waals surface area contributed by atoms with Crippen molar-refractivity contribution in [2.75, 3.05) is 26.7 Å². The molecule has 1 aromatic heterocycles. The zero-order chi connectivity index (χ0) is 20.9. The molecule has 0 saturated heterocycles. The van der Waals surface area contributed by atoms with Gasteiger partial charge in [0, 0.05) is 25.9 Å². The van der Waals surface area contributed by atoms with E-state index in [0.717, 1.165) is 29.3 Å². The van der Waals surface area contributed by atoms with Crippen molar-refractivity contribution in [1.29, 1.82) is 5.26 Å². The predicted molar refractivity (Wildman–Crippen MR) is 112 cm³/mol. The molecule has 2 aliphatic rings. The quantitative estimate of drug-likeness (QED) is 0.636. The first-order valence-electron chi connectivity index (χ1n) is 10.3. The van der Waals surface area contributed by atoms with Crippen molar-refractivity contribution in [1.82, 2.24) is 9.91 Å². The van der Waals surface area contributed by atoms with Gasteiger partial charge in [-0.25, -0.2) is 5.01 Å². The van der Waals surface area contributed by atoms with Gasteiger partial charge in [-0.3, -0.25) is 9.69 Å². The Labute approximate surface area is 176 Å². The van der Waals surface area contributed by atoms with E-state index >= 15 is 0 Å². The third kappa shape index (κ3) is 4.71. The van der Waals surface area contributed by atoms with E-state index in [1.165, 1.54) is 12.8 Å². The van der Waals surface area contributed by atoms with Crippen LogP contribution in [0.3, 0.4) is 0 Å². The molecule has 2 aromatic rings. The zero-order valence-corrected chi connectivity index (χ0v) is 17.2. The predicted octanol–water partition coefficient (Wildman–Crippen LogP) is 3.59. The molecular formula is C23H26N4O3. The highest BCUT2D eigenvalue weighted by molar-refractivity contribution is 6.03. The number of benzene rings is 1. The first-order chi connectivity index (χ1) is 14.7. The molecule has 0 N–H and O–H groups in total. The van der Waals surface area contributed by atoms with Crippen LogP contribution in [0.5, 0.6) is 5.75 Å². The number of nitrogens with zero attached hydrogens (tertiary/aromatic N) is 4. The van der Waals surface area contributed by atoms with E-state index in [1.807, 2.05) is 36.4 Å². The van der Waals surface area contributed by atoms with Crippen molar-refractivity contribution in [3.63, 3.8) is 0 Å². The largest absolute Gasteiger partial charge is 0.497 e. The number of carbonyl (C=O) groups is 1. The Morgan fingerprint density at radius 3 is 2.77 bits per heavy atom. The van der Waals surface area contributed by atoms with Crippen LogP contribution in [-0.2, 0) is 4.79 Å². The van der Waals surface area contributed by atoms with Gasteiger partial charge in [-0.15, -0.1) is 0 Å². The summed E-state index contributed by atoms with van der Waals surface area (Å²) >= 11 is 0. The van der Waals surface area contributed by atoms with Gasteiger partial charge in [0.2, 0.25) is 0 Å². The van der Waals surface area contributed by atoms with Crippen molar-refractivity contribution < 1.29 is 13.9 Å². The summed E-state index contributed by atoms with van der Waals surface area (Å²) in [5.41, 5.74) is 1.81. The van der Waals surface area contributed by atoms with Crippen LogP contribution in [-0.4, -0.2) is 48.3 Å². The minimum atomic E-state index is -0.261. The van der Waals surface area contributed by atoms with Gasteiger partial charge in [0.05, 0.1) is 31.7 Å². The van der Waals surface area contributed by atoms with Crippen molar-refractivity contribution in [2.24, 2.45) is 11.0 Å². The number of carbonyl (C=O) groups excluding carboxylic acids is 1. The summed E-state index contributed by atoms with van der Waals surface area (Å²) < 4.78 is 10.9. The van der Waals surface area contributed by atoms with Crippen LogP contribution in [0.4, 0.5) is 0 Å². The van der Waals surface area contributed by atoms with Crippen molar-refractivity contribution >= 4 is 11.6 Å². The molecule has 1 fully saturated rings. The van der Waals surface area contributed by atoms with Crippen LogP contribution in [0.2, 0.25) is 0 Å². The monoisotopic (exact) mass is 406 g/mol. The molecule has 1 amide bonds. The van der Waals surface area contributed by atoms with E-state index in [-0.39, 0.29) is 18.5 Å². The Morgan fingerprint density at radius 1 is 1.33 bits per heavy atom. The molecule has 1 aliphatic heterocycles.